The van der Waals surface area contributed by atoms with Crippen molar-refractivity contribution in [3.63, 3.8) is 0 Å². The summed E-state index contributed by atoms with van der Waals surface area (Å²) in [5, 5.41) is 21.9. The van der Waals surface area contributed by atoms with Crippen LogP contribution in [0.5, 0.6) is 0 Å². The SMILES string of the molecule is CCC(O)Sc1ccc2c(-c3c(-c4ccccn4)nn4c3CCC4)ccnc2c1.O=C1OCCN1c1ccc2c(-c3c(-c4ccccn4)nn4c3CCC4)ccnc2c1. The van der Waals surface area contributed by atoms with Gasteiger partial charge in [-0.2, -0.15) is 10.2 Å². The second-order valence-electron chi connectivity index (χ2n) is 14.8. The number of cyclic esters (lactones) is 1. The van der Waals surface area contributed by atoms with Crippen LogP contribution in [0.3, 0.4) is 0 Å². The van der Waals surface area contributed by atoms with Gasteiger partial charge >= 0.3 is 6.09 Å². The summed E-state index contributed by atoms with van der Waals surface area (Å²) in [5.74, 6) is 0. The maximum absolute atomic E-state index is 12.0. The number of carbonyl (C=O) groups excluding carboxylic acids is 1. The number of ether oxygens (including phenoxy) is 1. The molecule has 9 heterocycles. The Bertz CT molecular complexity index is 2840. The van der Waals surface area contributed by atoms with Gasteiger partial charge in [-0.25, -0.2) is 4.79 Å². The molecule has 1 unspecified atom stereocenters. The van der Waals surface area contributed by atoms with Gasteiger partial charge in [-0.05, 0) is 104 Å². The number of nitrogens with zero attached hydrogens (tertiary/aromatic N) is 9. The number of aromatic nitrogens is 8. The Morgan fingerprint density at radius 1 is 0.695 bits per heavy atom. The van der Waals surface area contributed by atoms with Crippen molar-refractivity contribution in [1.29, 1.82) is 0 Å². The lowest BCUT2D eigenvalue weighted by Gasteiger charge is -2.14. The summed E-state index contributed by atoms with van der Waals surface area (Å²) in [7, 11) is 0. The van der Waals surface area contributed by atoms with Crippen molar-refractivity contribution >= 4 is 45.3 Å². The van der Waals surface area contributed by atoms with Gasteiger partial charge in [-0.3, -0.25) is 34.2 Å². The van der Waals surface area contributed by atoms with Gasteiger partial charge in [-0.15, -0.1) is 0 Å². The zero-order valence-electron chi connectivity index (χ0n) is 32.5. The van der Waals surface area contributed by atoms with Crippen molar-refractivity contribution < 1.29 is 14.6 Å². The van der Waals surface area contributed by atoms with Crippen LogP contribution in [0.1, 0.15) is 37.6 Å². The molecule has 2 aromatic carbocycles. The van der Waals surface area contributed by atoms with Crippen molar-refractivity contribution in [3.8, 4) is 45.0 Å². The fourth-order valence-electron chi connectivity index (χ4n) is 8.40. The Balaban J connectivity index is 0.000000143. The van der Waals surface area contributed by atoms with Crippen LogP contribution in [0.15, 0.2) is 115 Å². The molecule has 1 fully saturated rings. The van der Waals surface area contributed by atoms with Crippen LogP contribution in [0, 0.1) is 0 Å². The number of anilines is 1. The summed E-state index contributed by atoms with van der Waals surface area (Å²) in [6.45, 7) is 4.84. The molecule has 1 atom stereocenters. The number of hydrogen-bond acceptors (Lipinski definition) is 10. The highest BCUT2D eigenvalue weighted by Gasteiger charge is 2.28. The van der Waals surface area contributed by atoms with Gasteiger partial charge in [0, 0.05) is 81.7 Å². The number of benzene rings is 2. The van der Waals surface area contributed by atoms with E-state index < -0.39 is 5.44 Å². The van der Waals surface area contributed by atoms with Crippen molar-refractivity contribution in [1.82, 2.24) is 39.5 Å². The van der Waals surface area contributed by atoms with Gasteiger partial charge in [-0.1, -0.05) is 43.0 Å². The summed E-state index contributed by atoms with van der Waals surface area (Å²) in [4.78, 5) is 32.9. The van der Waals surface area contributed by atoms with Gasteiger partial charge in [0.15, 0.2) is 0 Å². The first kappa shape index (κ1) is 36.9. The van der Waals surface area contributed by atoms with Gasteiger partial charge in [0.25, 0.3) is 0 Å². The lowest BCUT2D eigenvalue weighted by atomic mass is 9.96. The van der Waals surface area contributed by atoms with Crippen molar-refractivity contribution in [2.24, 2.45) is 0 Å². The maximum Gasteiger partial charge on any atom is 0.414 e. The molecule has 1 saturated heterocycles. The zero-order valence-corrected chi connectivity index (χ0v) is 33.3. The van der Waals surface area contributed by atoms with E-state index in [-0.39, 0.29) is 6.09 Å². The van der Waals surface area contributed by atoms with Crippen LogP contribution in [0.4, 0.5) is 10.5 Å². The Morgan fingerprint density at radius 3 is 1.83 bits per heavy atom. The molecule has 1 N–H and O–H groups in total. The van der Waals surface area contributed by atoms with Gasteiger partial charge < -0.3 is 9.84 Å². The summed E-state index contributed by atoms with van der Waals surface area (Å²) >= 11 is 1.47. The summed E-state index contributed by atoms with van der Waals surface area (Å²) in [6, 6.07) is 28.2. The third kappa shape index (κ3) is 6.89. The number of thioether (sulfide) groups is 1. The van der Waals surface area contributed by atoms with Crippen LogP contribution < -0.4 is 4.90 Å². The van der Waals surface area contributed by atoms with Gasteiger partial charge in [0.2, 0.25) is 0 Å². The minimum atomic E-state index is -0.398. The lowest BCUT2D eigenvalue weighted by Crippen LogP contribution is -2.23. The fraction of sp³-hybridized carbons (Fsp3) is 0.239. The van der Waals surface area contributed by atoms with E-state index in [2.05, 4.69) is 59.6 Å². The Kier molecular flexibility index (Phi) is 9.83. The first-order valence-corrected chi connectivity index (χ1v) is 21.0. The number of aliphatic hydroxyl groups is 1. The molecule has 6 aromatic heterocycles. The molecule has 3 aliphatic heterocycles. The molecular weight excluding hydrogens is 759 g/mol. The largest absolute Gasteiger partial charge is 0.447 e. The smallest absolute Gasteiger partial charge is 0.414 e. The van der Waals surface area contributed by atoms with Gasteiger partial charge in [0.1, 0.15) is 23.4 Å². The van der Waals surface area contributed by atoms with E-state index in [9.17, 15) is 9.90 Å². The van der Waals surface area contributed by atoms with Crippen molar-refractivity contribution in [2.45, 2.75) is 62.4 Å². The van der Waals surface area contributed by atoms with E-state index in [0.717, 1.165) is 111 Å². The highest BCUT2D eigenvalue weighted by Crippen LogP contribution is 2.42. The lowest BCUT2D eigenvalue weighted by molar-refractivity contribution is 0.181. The predicted octanol–water partition coefficient (Wildman–Crippen LogP) is 8.99. The van der Waals surface area contributed by atoms with E-state index in [1.54, 1.807) is 11.1 Å². The summed E-state index contributed by atoms with van der Waals surface area (Å²) in [5.41, 5.74) is 12.9. The second-order valence-corrected chi connectivity index (χ2v) is 16.0. The quantitative estimate of drug-likeness (QED) is 0.117. The highest BCUT2D eigenvalue weighted by molar-refractivity contribution is 7.99. The highest BCUT2D eigenvalue weighted by atomic mass is 32.2. The summed E-state index contributed by atoms with van der Waals surface area (Å²) < 4.78 is 9.32. The molecule has 12 nitrogen and oxygen atoms in total. The number of rotatable bonds is 8. The number of amides is 1. The molecule has 0 saturated carbocycles. The standard InChI is InChI=1S/C23H19N5O2.C23H22N4OS/c29-23-27(12-13-30-23)15-6-7-16-17(8-10-25-19(16)14-15)21-20-5-3-11-28(20)26-22(21)18-4-1-2-9-24-18;1-2-21(28)29-15-8-9-16-17(10-12-25-19(16)14-15)22-20-7-5-13-27(20)26-23(22)18-6-3-4-11-24-18/h1-2,4,6-10,14H,3,5,11-13H2;3-4,6,8-12,14,21,28H,2,5,7,13H2,1H3. The monoisotopic (exact) mass is 799 g/mol. The molecule has 0 radical (unpaired) electrons. The molecule has 8 aromatic rings. The van der Waals surface area contributed by atoms with E-state index >= 15 is 0 Å². The van der Waals surface area contributed by atoms with Crippen LogP contribution in [-0.2, 0) is 30.7 Å². The second kappa shape index (κ2) is 15.7. The molecular formula is C46H41N9O3S. The molecule has 3 aliphatic rings. The van der Waals surface area contributed by atoms with Crippen molar-refractivity contribution in [3.05, 3.63) is 121 Å². The number of fused-ring (bicyclic) bond motifs is 4. The third-order valence-electron chi connectivity index (χ3n) is 11.2. The number of aliphatic hydroxyl groups excluding tert-OH is 1. The van der Waals surface area contributed by atoms with Crippen LogP contribution in [0.25, 0.3) is 66.8 Å². The molecule has 0 aliphatic carbocycles. The maximum atomic E-state index is 12.0. The average molecular weight is 800 g/mol. The average Bonchev–Trinajstić information content (AvgIpc) is 4.13. The van der Waals surface area contributed by atoms with Crippen molar-refractivity contribution in [2.75, 3.05) is 18.1 Å². The number of hydrogen-bond donors (Lipinski definition) is 1. The first-order chi connectivity index (χ1) is 29.0. The molecule has 0 spiro atoms. The molecule has 1 amide bonds. The Hall–Kier alpha value is -6.44. The molecule has 0 bridgehead atoms. The number of pyridine rings is 4. The minimum Gasteiger partial charge on any atom is -0.447 e. The number of aryl methyl sites for hydroxylation is 2. The first-order valence-electron chi connectivity index (χ1n) is 20.1. The zero-order chi connectivity index (χ0) is 39.9. The molecule has 11 rings (SSSR count). The topological polar surface area (TPSA) is 137 Å². The van der Waals surface area contributed by atoms with E-state index in [4.69, 9.17) is 14.9 Å². The Morgan fingerprint density at radius 2 is 1.29 bits per heavy atom. The Labute approximate surface area is 344 Å². The normalized spacial score (nSPS) is 14.9. The van der Waals surface area contributed by atoms with E-state index in [1.807, 2.05) is 80.1 Å². The van der Waals surface area contributed by atoms with E-state index in [1.165, 1.54) is 28.7 Å². The molecule has 13 heteroatoms. The predicted molar refractivity (Wildman–Crippen MR) is 230 cm³/mol. The molecule has 294 valence electrons. The van der Waals surface area contributed by atoms with Crippen LogP contribution >= 0.6 is 11.8 Å². The van der Waals surface area contributed by atoms with Crippen LogP contribution in [0.2, 0.25) is 0 Å². The molecule has 59 heavy (non-hydrogen) atoms. The summed E-state index contributed by atoms with van der Waals surface area (Å²) in [6.07, 6.45) is 12.0. The van der Waals surface area contributed by atoms with E-state index in [0.29, 0.717) is 19.6 Å². The third-order valence-corrected chi connectivity index (χ3v) is 12.3. The van der Waals surface area contributed by atoms with Gasteiger partial charge in [0.05, 0.1) is 29.0 Å². The van der Waals surface area contributed by atoms with Crippen LogP contribution in [-0.4, -0.2) is 69.3 Å². The number of carbonyl (C=O) groups is 1. The minimum absolute atomic E-state index is 0.308. The fourth-order valence-corrected chi connectivity index (χ4v) is 9.21.